The third-order valence-corrected chi connectivity index (χ3v) is 5.20. The third-order valence-electron chi connectivity index (χ3n) is 5.20. The first-order valence-corrected chi connectivity index (χ1v) is 11.2. The number of nitrogens with two attached hydrogens (primary N) is 1. The van der Waals surface area contributed by atoms with E-state index >= 15 is 0 Å². The van der Waals surface area contributed by atoms with Gasteiger partial charge in [0.05, 0.1) is 6.04 Å². The van der Waals surface area contributed by atoms with Gasteiger partial charge in [-0.05, 0) is 18.1 Å². The number of hydrogen-bond donors (Lipinski definition) is 5. The molecule has 0 unspecified atom stereocenters. The van der Waals surface area contributed by atoms with Crippen LogP contribution in [-0.2, 0) is 16.0 Å². The summed E-state index contributed by atoms with van der Waals surface area (Å²) < 4.78 is 37.0. The number of aliphatic carboxylic acids is 1. The molecule has 2 aromatic heterocycles. The van der Waals surface area contributed by atoms with Crippen molar-refractivity contribution in [2.75, 3.05) is 13.1 Å². The molecule has 0 radical (unpaired) electrons. The molecule has 0 saturated heterocycles. The highest BCUT2D eigenvalue weighted by Crippen LogP contribution is 2.20. The number of H-pyrrole nitrogens is 1. The molecule has 2 amide bonds. The first-order chi connectivity index (χ1) is 18.1. The summed E-state index contributed by atoms with van der Waals surface area (Å²) in [7, 11) is 0. The van der Waals surface area contributed by atoms with Gasteiger partial charge in [0.15, 0.2) is 11.5 Å². The second kappa shape index (κ2) is 12.5. The number of fused-ring (bicyclic) bond motifs is 1. The molecule has 0 bridgehead atoms. The summed E-state index contributed by atoms with van der Waals surface area (Å²) in [6.07, 6.45) is -2.79. The van der Waals surface area contributed by atoms with E-state index in [4.69, 9.17) is 20.2 Å². The first kappa shape index (κ1) is 27.9. The topological polar surface area (TPSA) is 163 Å². The zero-order chi connectivity index (χ0) is 27.7. The monoisotopic (exact) mass is 531 g/mol. The zero-order valence-electron chi connectivity index (χ0n) is 19.8. The Morgan fingerprint density at radius 1 is 1.03 bits per heavy atom. The van der Waals surface area contributed by atoms with E-state index < -0.39 is 18.2 Å². The van der Waals surface area contributed by atoms with Crippen LogP contribution in [0, 0.1) is 0 Å². The van der Waals surface area contributed by atoms with Gasteiger partial charge in [-0.1, -0.05) is 53.7 Å². The van der Waals surface area contributed by atoms with Crippen molar-refractivity contribution in [1.82, 2.24) is 20.8 Å². The number of aromatic nitrogens is 2. The summed E-state index contributed by atoms with van der Waals surface area (Å²) in [5.74, 6) is -2.88. The molecule has 2 heterocycles. The number of carboxylic acids is 1. The van der Waals surface area contributed by atoms with Gasteiger partial charge in [-0.15, -0.1) is 0 Å². The summed E-state index contributed by atoms with van der Waals surface area (Å²) in [5.41, 5.74) is 9.08. The molecule has 6 N–H and O–H groups in total. The van der Waals surface area contributed by atoms with Crippen molar-refractivity contribution in [2.45, 2.75) is 18.6 Å². The lowest BCUT2D eigenvalue weighted by Gasteiger charge is -2.12. The van der Waals surface area contributed by atoms with E-state index in [1.54, 1.807) is 6.07 Å². The maximum atomic E-state index is 12.3. The molecule has 0 fully saturated rings. The summed E-state index contributed by atoms with van der Waals surface area (Å²) in [6, 6.07) is 18.2. The number of amides is 2. The second-order valence-corrected chi connectivity index (χ2v) is 7.96. The number of nitrogens with zero attached hydrogens (tertiary/aromatic N) is 1. The van der Waals surface area contributed by atoms with Gasteiger partial charge in [-0.2, -0.15) is 13.2 Å². The van der Waals surface area contributed by atoms with E-state index in [2.05, 4.69) is 20.8 Å². The molecule has 1 atom stereocenters. The summed E-state index contributed by atoms with van der Waals surface area (Å²) in [6.45, 7) is 0.507. The minimum atomic E-state index is -5.08. The molecule has 10 nitrogen and oxygen atoms in total. The molecule has 4 rings (SSSR count). The molecular weight excluding hydrogens is 507 g/mol. The molecule has 0 spiro atoms. The van der Waals surface area contributed by atoms with E-state index in [1.165, 1.54) is 0 Å². The first-order valence-electron chi connectivity index (χ1n) is 11.2. The Labute approximate surface area is 214 Å². The molecule has 13 heteroatoms. The number of para-hydroxylation sites is 1. The highest BCUT2D eigenvalue weighted by Gasteiger charge is 2.38. The number of rotatable bonds is 8. The number of hydrogen-bond acceptors (Lipinski definition) is 6. The van der Waals surface area contributed by atoms with Crippen molar-refractivity contribution in [1.29, 1.82) is 0 Å². The van der Waals surface area contributed by atoms with Crippen LogP contribution in [0.5, 0.6) is 0 Å². The molecule has 38 heavy (non-hydrogen) atoms. The molecule has 0 aliphatic heterocycles. The van der Waals surface area contributed by atoms with Crippen molar-refractivity contribution in [3.05, 3.63) is 78.1 Å². The number of nitrogens with one attached hydrogen (secondary N) is 3. The summed E-state index contributed by atoms with van der Waals surface area (Å²) >= 11 is 0. The van der Waals surface area contributed by atoms with Crippen LogP contribution in [0.1, 0.15) is 16.1 Å². The van der Waals surface area contributed by atoms with E-state index in [-0.39, 0.29) is 30.6 Å². The lowest BCUT2D eigenvalue weighted by molar-refractivity contribution is -0.192. The summed E-state index contributed by atoms with van der Waals surface area (Å²) in [5, 5.41) is 17.4. The number of halogens is 3. The van der Waals surface area contributed by atoms with E-state index in [0.29, 0.717) is 12.2 Å². The standard InChI is InChI=1S/C23H23N5O3.C2HF3O2/c24-18(12-16-14-27-19-9-5-4-8-17(16)19)22(29)25-10-11-26-23(30)20-13-21(31-28-20)15-6-2-1-3-7-15;3-2(4,5)1(6)7/h1-9,13-14,18,27H,10-12,24H2,(H,25,29)(H,26,30);(H,6,7)/t18-;/m0./s1. The Balaban J connectivity index is 0.000000505. The molecule has 0 aliphatic rings. The maximum Gasteiger partial charge on any atom is 0.490 e. The van der Waals surface area contributed by atoms with Crippen LogP contribution in [0.2, 0.25) is 0 Å². The SMILES string of the molecule is N[C@@H](Cc1c[nH]c2ccccc12)C(=O)NCCNC(=O)c1cc(-c2ccccc2)on1.O=C(O)C(F)(F)F. The number of benzene rings is 2. The summed E-state index contributed by atoms with van der Waals surface area (Å²) in [4.78, 5) is 36.6. The van der Waals surface area contributed by atoms with E-state index in [0.717, 1.165) is 22.0 Å². The van der Waals surface area contributed by atoms with Crippen molar-refractivity contribution >= 4 is 28.7 Å². The smallest absolute Gasteiger partial charge is 0.475 e. The lowest BCUT2D eigenvalue weighted by atomic mass is 10.1. The van der Waals surface area contributed by atoms with Crippen LogP contribution in [0.3, 0.4) is 0 Å². The highest BCUT2D eigenvalue weighted by atomic mass is 19.4. The van der Waals surface area contributed by atoms with Crippen LogP contribution in [0.4, 0.5) is 13.2 Å². The number of alkyl halides is 3. The predicted molar refractivity (Wildman–Crippen MR) is 131 cm³/mol. The quantitative estimate of drug-likeness (QED) is 0.218. The van der Waals surface area contributed by atoms with Gasteiger partial charge in [-0.3, -0.25) is 9.59 Å². The molecule has 0 saturated carbocycles. The number of carbonyl (C=O) groups excluding carboxylic acids is 2. The van der Waals surface area contributed by atoms with Gasteiger partial charge < -0.3 is 31.0 Å². The van der Waals surface area contributed by atoms with Crippen LogP contribution in [0.25, 0.3) is 22.2 Å². The van der Waals surface area contributed by atoms with Crippen LogP contribution in [-0.4, -0.2) is 58.3 Å². The average Bonchev–Trinajstić information content (AvgIpc) is 3.55. The van der Waals surface area contributed by atoms with Crippen molar-refractivity contribution in [3.63, 3.8) is 0 Å². The Kier molecular flexibility index (Phi) is 9.22. The lowest BCUT2D eigenvalue weighted by Crippen LogP contribution is -2.44. The zero-order valence-corrected chi connectivity index (χ0v) is 19.8. The molecular formula is C25H24F3N5O5. The third kappa shape index (κ3) is 7.67. The number of carbonyl (C=O) groups is 3. The fourth-order valence-electron chi connectivity index (χ4n) is 3.33. The second-order valence-electron chi connectivity index (χ2n) is 7.96. The van der Waals surface area contributed by atoms with Crippen molar-refractivity contribution in [3.8, 4) is 11.3 Å². The fourth-order valence-corrected chi connectivity index (χ4v) is 3.33. The minimum Gasteiger partial charge on any atom is -0.475 e. The van der Waals surface area contributed by atoms with Gasteiger partial charge in [-0.25, -0.2) is 4.79 Å². The molecule has 2 aromatic carbocycles. The van der Waals surface area contributed by atoms with Crippen molar-refractivity contribution < 1.29 is 37.2 Å². The Hall–Kier alpha value is -4.65. The molecule has 200 valence electrons. The molecule has 4 aromatic rings. The molecule has 0 aliphatic carbocycles. The fraction of sp³-hybridized carbons (Fsp3) is 0.200. The van der Waals surface area contributed by atoms with Gasteiger partial charge in [0.1, 0.15) is 0 Å². The minimum absolute atomic E-state index is 0.182. The highest BCUT2D eigenvalue weighted by molar-refractivity contribution is 5.93. The van der Waals surface area contributed by atoms with Gasteiger partial charge in [0, 0.05) is 41.8 Å². The number of aromatic amines is 1. The Morgan fingerprint density at radius 3 is 2.34 bits per heavy atom. The Bertz CT molecular complexity index is 1380. The average molecular weight is 531 g/mol. The van der Waals surface area contributed by atoms with E-state index in [9.17, 15) is 22.8 Å². The van der Waals surface area contributed by atoms with Crippen LogP contribution >= 0.6 is 0 Å². The van der Waals surface area contributed by atoms with Crippen molar-refractivity contribution in [2.24, 2.45) is 5.73 Å². The van der Waals surface area contributed by atoms with Crippen LogP contribution < -0.4 is 16.4 Å². The largest absolute Gasteiger partial charge is 0.490 e. The van der Waals surface area contributed by atoms with Gasteiger partial charge >= 0.3 is 12.1 Å². The van der Waals surface area contributed by atoms with Crippen LogP contribution in [0.15, 0.2) is 71.4 Å². The number of carboxylic acid groups (broad SMARTS) is 1. The predicted octanol–water partition coefficient (Wildman–Crippen LogP) is 2.87. The van der Waals surface area contributed by atoms with E-state index in [1.807, 2.05) is 60.8 Å². The van der Waals surface area contributed by atoms with Gasteiger partial charge in [0.2, 0.25) is 5.91 Å². The normalized spacial score (nSPS) is 11.8. The van der Waals surface area contributed by atoms with Gasteiger partial charge in [0.25, 0.3) is 5.91 Å². The Morgan fingerprint density at radius 2 is 1.66 bits per heavy atom. The maximum absolute atomic E-state index is 12.3.